The highest BCUT2D eigenvalue weighted by Gasteiger charge is 2.18. The van der Waals surface area contributed by atoms with Crippen molar-refractivity contribution in [3.8, 4) is 0 Å². The highest BCUT2D eigenvalue weighted by atomic mass is 14.2. The molecule has 1 aliphatic rings. The molecular formula is C14H24. The third-order valence-electron chi connectivity index (χ3n) is 3.41. The molecule has 0 aromatic carbocycles. The Bertz CT molecular complexity index is 202. The smallest absolute Gasteiger partial charge is 0.0254 e. The SMILES string of the molecule is C/C=C\C(=C/C)CC1CCC(C)CC1. The summed E-state index contributed by atoms with van der Waals surface area (Å²) in [6.07, 6.45) is 13.7. The van der Waals surface area contributed by atoms with Crippen LogP contribution in [0.3, 0.4) is 0 Å². The molecule has 0 bridgehead atoms. The molecule has 1 fully saturated rings. The molecule has 0 saturated heterocycles. The van der Waals surface area contributed by atoms with E-state index in [4.69, 9.17) is 0 Å². The Morgan fingerprint density at radius 3 is 2.29 bits per heavy atom. The van der Waals surface area contributed by atoms with E-state index in [0.717, 1.165) is 11.8 Å². The lowest BCUT2D eigenvalue weighted by atomic mass is 9.80. The summed E-state index contributed by atoms with van der Waals surface area (Å²) in [6, 6.07) is 0. The Hall–Kier alpha value is -0.520. The van der Waals surface area contributed by atoms with Crippen molar-refractivity contribution >= 4 is 0 Å². The van der Waals surface area contributed by atoms with Crippen LogP contribution in [0.2, 0.25) is 0 Å². The van der Waals surface area contributed by atoms with Gasteiger partial charge in [0.2, 0.25) is 0 Å². The van der Waals surface area contributed by atoms with E-state index in [1.807, 2.05) is 0 Å². The van der Waals surface area contributed by atoms with Crippen molar-refractivity contribution < 1.29 is 0 Å². The third-order valence-corrected chi connectivity index (χ3v) is 3.41. The fourth-order valence-electron chi connectivity index (χ4n) is 2.36. The van der Waals surface area contributed by atoms with E-state index in [1.165, 1.54) is 37.7 Å². The van der Waals surface area contributed by atoms with Gasteiger partial charge >= 0.3 is 0 Å². The van der Waals surface area contributed by atoms with E-state index < -0.39 is 0 Å². The first kappa shape index (κ1) is 11.6. The lowest BCUT2D eigenvalue weighted by Gasteiger charge is -2.26. The van der Waals surface area contributed by atoms with Crippen LogP contribution in [0.25, 0.3) is 0 Å². The molecule has 0 atom stereocenters. The second-order valence-corrected chi connectivity index (χ2v) is 4.69. The van der Waals surface area contributed by atoms with Gasteiger partial charge in [0.25, 0.3) is 0 Å². The summed E-state index contributed by atoms with van der Waals surface area (Å²) in [7, 11) is 0. The van der Waals surface area contributed by atoms with E-state index in [1.54, 1.807) is 0 Å². The maximum Gasteiger partial charge on any atom is -0.0254 e. The summed E-state index contributed by atoms with van der Waals surface area (Å²) >= 11 is 0. The predicted molar refractivity (Wildman–Crippen MR) is 64.3 cm³/mol. The molecule has 80 valence electrons. The van der Waals surface area contributed by atoms with Crippen molar-refractivity contribution in [2.75, 3.05) is 0 Å². The molecule has 0 N–H and O–H groups in total. The minimum Gasteiger partial charge on any atom is -0.0874 e. The lowest BCUT2D eigenvalue weighted by Crippen LogP contribution is -2.12. The molecule has 0 nitrogen and oxygen atoms in total. The van der Waals surface area contributed by atoms with Crippen LogP contribution in [0.15, 0.2) is 23.8 Å². The summed E-state index contributed by atoms with van der Waals surface area (Å²) in [5, 5.41) is 0. The monoisotopic (exact) mass is 192 g/mol. The standard InChI is InChI=1S/C14H24/c1-4-6-13(5-2)11-14-9-7-12(3)8-10-14/h4-6,12,14H,7-11H2,1-3H3/b6-4-,13-5+. The summed E-state index contributed by atoms with van der Waals surface area (Å²) in [5.74, 6) is 1.93. The zero-order chi connectivity index (χ0) is 10.4. The Kier molecular flexibility index (Phi) is 5.00. The Morgan fingerprint density at radius 1 is 1.14 bits per heavy atom. The van der Waals surface area contributed by atoms with Crippen LogP contribution < -0.4 is 0 Å². The first-order valence-electron chi connectivity index (χ1n) is 6.04. The molecule has 0 aliphatic heterocycles. The first-order valence-corrected chi connectivity index (χ1v) is 6.04. The second-order valence-electron chi connectivity index (χ2n) is 4.69. The Balaban J connectivity index is 2.36. The maximum atomic E-state index is 2.39. The van der Waals surface area contributed by atoms with Gasteiger partial charge in [-0.2, -0.15) is 0 Å². The molecule has 14 heavy (non-hydrogen) atoms. The van der Waals surface area contributed by atoms with Gasteiger partial charge in [-0.3, -0.25) is 0 Å². The average Bonchev–Trinajstić information content (AvgIpc) is 2.20. The van der Waals surface area contributed by atoms with Crippen molar-refractivity contribution in [3.05, 3.63) is 23.8 Å². The zero-order valence-electron chi connectivity index (χ0n) is 9.92. The van der Waals surface area contributed by atoms with Crippen LogP contribution in [0.5, 0.6) is 0 Å². The van der Waals surface area contributed by atoms with Gasteiger partial charge < -0.3 is 0 Å². The normalized spacial score (nSPS) is 29.8. The quantitative estimate of drug-likeness (QED) is 0.567. The summed E-state index contributed by atoms with van der Waals surface area (Å²) in [6.45, 7) is 6.64. The molecule has 1 saturated carbocycles. The third kappa shape index (κ3) is 3.69. The molecule has 0 unspecified atom stereocenters. The van der Waals surface area contributed by atoms with E-state index in [2.05, 4.69) is 39.0 Å². The van der Waals surface area contributed by atoms with Crippen molar-refractivity contribution in [1.29, 1.82) is 0 Å². The van der Waals surface area contributed by atoms with Crippen molar-refractivity contribution in [3.63, 3.8) is 0 Å². The largest absolute Gasteiger partial charge is 0.0874 e. The highest BCUT2D eigenvalue weighted by Crippen LogP contribution is 2.32. The van der Waals surface area contributed by atoms with Crippen LogP contribution in [-0.4, -0.2) is 0 Å². The summed E-state index contributed by atoms with van der Waals surface area (Å²) < 4.78 is 0. The Labute approximate surface area is 89.1 Å². The molecule has 1 aliphatic carbocycles. The molecule has 0 heteroatoms. The van der Waals surface area contributed by atoms with Crippen molar-refractivity contribution in [2.24, 2.45) is 11.8 Å². The molecule has 0 spiro atoms. The summed E-state index contributed by atoms with van der Waals surface area (Å²) in [5.41, 5.74) is 1.52. The van der Waals surface area contributed by atoms with E-state index in [0.29, 0.717) is 0 Å². The number of hydrogen-bond donors (Lipinski definition) is 0. The average molecular weight is 192 g/mol. The van der Waals surface area contributed by atoms with Gasteiger partial charge in [-0.15, -0.1) is 0 Å². The van der Waals surface area contributed by atoms with Crippen LogP contribution in [0, 0.1) is 11.8 Å². The topological polar surface area (TPSA) is 0 Å². The lowest BCUT2D eigenvalue weighted by molar-refractivity contribution is 0.289. The molecular weight excluding hydrogens is 168 g/mol. The van der Waals surface area contributed by atoms with E-state index in [-0.39, 0.29) is 0 Å². The minimum atomic E-state index is 0.952. The van der Waals surface area contributed by atoms with E-state index in [9.17, 15) is 0 Å². The second kappa shape index (κ2) is 6.06. The molecule has 1 rings (SSSR count). The van der Waals surface area contributed by atoms with Crippen LogP contribution in [0.4, 0.5) is 0 Å². The van der Waals surface area contributed by atoms with E-state index >= 15 is 0 Å². The fraction of sp³-hybridized carbons (Fsp3) is 0.714. The minimum absolute atomic E-state index is 0.952. The number of hydrogen-bond acceptors (Lipinski definition) is 0. The fourth-order valence-corrected chi connectivity index (χ4v) is 2.36. The first-order chi connectivity index (χ1) is 6.76. The molecule has 0 heterocycles. The van der Waals surface area contributed by atoms with Gasteiger partial charge in [0.1, 0.15) is 0 Å². The molecule has 0 aromatic heterocycles. The van der Waals surface area contributed by atoms with Crippen LogP contribution in [0.1, 0.15) is 52.9 Å². The van der Waals surface area contributed by atoms with Gasteiger partial charge in [0.05, 0.1) is 0 Å². The summed E-state index contributed by atoms with van der Waals surface area (Å²) in [4.78, 5) is 0. The van der Waals surface area contributed by atoms with Gasteiger partial charge in [0.15, 0.2) is 0 Å². The molecule has 0 radical (unpaired) electrons. The van der Waals surface area contributed by atoms with Crippen LogP contribution in [-0.2, 0) is 0 Å². The van der Waals surface area contributed by atoms with Gasteiger partial charge in [-0.05, 0) is 44.9 Å². The van der Waals surface area contributed by atoms with Gasteiger partial charge in [-0.25, -0.2) is 0 Å². The van der Waals surface area contributed by atoms with Crippen molar-refractivity contribution in [1.82, 2.24) is 0 Å². The van der Waals surface area contributed by atoms with Crippen molar-refractivity contribution in [2.45, 2.75) is 52.9 Å². The predicted octanol–water partition coefficient (Wildman–Crippen LogP) is 4.73. The number of rotatable bonds is 3. The zero-order valence-corrected chi connectivity index (χ0v) is 9.92. The van der Waals surface area contributed by atoms with Gasteiger partial charge in [-0.1, -0.05) is 43.6 Å². The van der Waals surface area contributed by atoms with Gasteiger partial charge in [0, 0.05) is 0 Å². The Morgan fingerprint density at radius 2 is 1.79 bits per heavy atom. The molecule has 0 aromatic rings. The number of allylic oxidation sites excluding steroid dienone is 4. The molecule has 0 amide bonds. The highest BCUT2D eigenvalue weighted by molar-refractivity contribution is 5.17. The maximum absolute atomic E-state index is 2.39. The van der Waals surface area contributed by atoms with Crippen LogP contribution >= 0.6 is 0 Å².